The largest absolute Gasteiger partial charge is 0.497 e. The summed E-state index contributed by atoms with van der Waals surface area (Å²) in [6.45, 7) is 2.57. The molecule has 4 heterocycles. The molecule has 2 fully saturated rings. The minimum atomic E-state index is -3.88. The number of nitrogens with zero attached hydrogens (tertiary/aromatic N) is 4. The van der Waals surface area contributed by atoms with Gasteiger partial charge in [0, 0.05) is 12.4 Å². The molecule has 0 bridgehead atoms. The van der Waals surface area contributed by atoms with E-state index < -0.39 is 83.4 Å². The first-order valence-electron chi connectivity index (χ1n) is 25.4. The monoisotopic (exact) mass is 1100 g/mol. The predicted molar refractivity (Wildman–Crippen MR) is 289 cm³/mol. The van der Waals surface area contributed by atoms with Crippen molar-refractivity contribution in [2.45, 2.75) is 85.9 Å². The Kier molecular flexibility index (Phi) is 16.4. The zero-order valence-electron chi connectivity index (χ0n) is 43.7. The molecule has 8 atom stereocenters. The van der Waals surface area contributed by atoms with Gasteiger partial charge in [0.1, 0.15) is 46.5 Å². The molecule has 10 rings (SSSR count). The van der Waals surface area contributed by atoms with E-state index in [9.17, 15) is 33.7 Å². The van der Waals surface area contributed by atoms with Crippen LogP contribution >= 0.6 is 0 Å². The van der Waals surface area contributed by atoms with Crippen LogP contribution in [0.2, 0.25) is 0 Å². The number of ether oxygens (including phenoxy) is 5. The zero-order chi connectivity index (χ0) is 57.0. The lowest BCUT2D eigenvalue weighted by atomic mass is 9.77. The van der Waals surface area contributed by atoms with Crippen LogP contribution in [0.15, 0.2) is 204 Å². The highest BCUT2D eigenvalue weighted by molar-refractivity contribution is 5.58. The van der Waals surface area contributed by atoms with E-state index in [2.05, 4.69) is 15.3 Å². The molecule has 2 saturated heterocycles. The van der Waals surface area contributed by atoms with E-state index in [0.717, 1.165) is 33.5 Å². The first-order chi connectivity index (χ1) is 38.4. The zero-order valence-corrected chi connectivity index (χ0v) is 43.7. The van der Waals surface area contributed by atoms with Gasteiger partial charge >= 0.3 is 23.2 Å². The lowest BCUT2D eigenvalue weighted by Gasteiger charge is -2.40. The molecule has 16 nitrogen and oxygen atoms in total. The summed E-state index contributed by atoms with van der Waals surface area (Å²) in [4.78, 5) is 33.3. The van der Waals surface area contributed by atoms with E-state index in [-0.39, 0.29) is 11.6 Å². The molecule has 0 saturated carbocycles. The summed E-state index contributed by atoms with van der Waals surface area (Å²) in [6, 6.07) is 54.6. The number of aromatic nitrogens is 4. The van der Waals surface area contributed by atoms with Crippen LogP contribution in [0, 0.1) is 0 Å². The van der Waals surface area contributed by atoms with E-state index in [0.29, 0.717) is 32.8 Å². The maximum Gasteiger partial charge on any atom is 0.351 e. The number of anilines is 2. The second-order valence-electron chi connectivity index (χ2n) is 19.2. The van der Waals surface area contributed by atoms with E-state index in [1.54, 1.807) is 87.0 Å². The van der Waals surface area contributed by atoms with Crippen molar-refractivity contribution in [3.05, 3.63) is 249 Å². The van der Waals surface area contributed by atoms with Crippen molar-refractivity contribution in [1.29, 1.82) is 0 Å². The molecule has 0 amide bonds. The Morgan fingerprint density at radius 3 is 1.38 bits per heavy atom. The van der Waals surface area contributed by atoms with Crippen LogP contribution in [0.1, 0.15) is 59.7 Å². The molecule has 6 aromatic carbocycles. The molecule has 20 heteroatoms. The number of aliphatic hydroxyl groups excluding tert-OH is 3. The summed E-state index contributed by atoms with van der Waals surface area (Å²) < 4.78 is 92.6. The number of hydrogen-bond acceptors (Lipinski definition) is 14. The number of hydrogen-bond donors (Lipinski definition) is 5. The summed E-state index contributed by atoms with van der Waals surface area (Å²) in [5, 5.41) is 33.4. The van der Waals surface area contributed by atoms with Crippen LogP contribution in [0.25, 0.3) is 0 Å². The second-order valence-corrected chi connectivity index (χ2v) is 19.2. The van der Waals surface area contributed by atoms with Gasteiger partial charge in [0.15, 0.2) is 12.2 Å². The number of nitrogens with two attached hydrogens (primary N) is 1. The van der Waals surface area contributed by atoms with Crippen LogP contribution in [0.3, 0.4) is 0 Å². The Morgan fingerprint density at radius 2 is 0.950 bits per heavy atom. The van der Waals surface area contributed by atoms with Gasteiger partial charge in [-0.15, -0.1) is 0 Å². The summed E-state index contributed by atoms with van der Waals surface area (Å²) in [5.41, 5.74) is 4.61. The Morgan fingerprint density at radius 1 is 0.562 bits per heavy atom. The highest BCUT2D eigenvalue weighted by atomic mass is 19.3. The lowest BCUT2D eigenvalue weighted by Crippen LogP contribution is -2.50. The fourth-order valence-electron chi connectivity index (χ4n) is 10.2. The molecule has 6 N–H and O–H groups in total. The minimum Gasteiger partial charge on any atom is -0.497 e. The average molecular weight is 1100 g/mol. The molecular weight excluding hydrogens is 1040 g/mol. The molecule has 0 aliphatic carbocycles. The van der Waals surface area contributed by atoms with E-state index in [1.165, 1.54) is 26.1 Å². The third-order valence-corrected chi connectivity index (χ3v) is 14.2. The number of nitrogens with one attached hydrogen (secondary N) is 1. The van der Waals surface area contributed by atoms with Crippen LogP contribution < -0.4 is 31.9 Å². The van der Waals surface area contributed by atoms with Crippen molar-refractivity contribution in [1.82, 2.24) is 19.1 Å². The summed E-state index contributed by atoms with van der Waals surface area (Å²) in [7, 11) is 3.13. The van der Waals surface area contributed by atoms with E-state index in [1.807, 2.05) is 97.1 Å². The molecule has 0 radical (unpaired) electrons. The van der Waals surface area contributed by atoms with Gasteiger partial charge in [-0.2, -0.15) is 27.5 Å². The topological polar surface area (TPSA) is 215 Å². The first-order valence-corrected chi connectivity index (χ1v) is 25.4. The van der Waals surface area contributed by atoms with Crippen molar-refractivity contribution in [2.24, 2.45) is 0 Å². The number of benzene rings is 6. The summed E-state index contributed by atoms with van der Waals surface area (Å²) >= 11 is 0. The van der Waals surface area contributed by atoms with Gasteiger partial charge in [-0.05, 0) is 83.6 Å². The fourth-order valence-corrected chi connectivity index (χ4v) is 10.2. The molecule has 0 spiro atoms. The number of nitrogen functional groups attached to an aromatic ring is 1. The van der Waals surface area contributed by atoms with Crippen molar-refractivity contribution in [2.75, 3.05) is 25.3 Å². The van der Waals surface area contributed by atoms with Crippen molar-refractivity contribution in [3.63, 3.8) is 0 Å². The highest BCUT2D eigenvalue weighted by Crippen LogP contribution is 2.51. The van der Waals surface area contributed by atoms with Crippen molar-refractivity contribution >= 4 is 11.6 Å². The van der Waals surface area contributed by atoms with Crippen LogP contribution in [-0.2, 0) is 25.4 Å². The summed E-state index contributed by atoms with van der Waals surface area (Å²) in [6.07, 6.45) is -12.1. The van der Waals surface area contributed by atoms with Gasteiger partial charge < -0.3 is 50.1 Å². The quantitative estimate of drug-likeness (QED) is 0.0458. The van der Waals surface area contributed by atoms with Crippen molar-refractivity contribution < 1.29 is 56.6 Å². The molecule has 80 heavy (non-hydrogen) atoms. The fraction of sp³-hybridized carbons (Fsp3) is 0.267. The third-order valence-electron chi connectivity index (χ3n) is 14.2. The molecule has 416 valence electrons. The first kappa shape index (κ1) is 56.5. The van der Waals surface area contributed by atoms with Gasteiger partial charge in [-0.25, -0.2) is 9.59 Å². The SMILES string of the molecule is COc1ccc(C(Nc2ccn(C3O[C@H]([C@@H](C)O)[C@@H](OC(c4ccccc4)(c4ccccc4)c4ccc(OC)cc4)C3(F)F)c(=O)n2)(c2ccccc2)c2ccccc2)cc1.C[C@@H](O)[C@H]1OC(n2ccc(N)nc2=O)C(F)(F)[C@@H]1O. The summed E-state index contributed by atoms with van der Waals surface area (Å²) in [5.74, 6) is -6.39. The Labute approximate surface area is 457 Å². The number of alkyl halides is 4. The van der Waals surface area contributed by atoms with Crippen LogP contribution in [-0.4, -0.2) is 97.1 Å². The van der Waals surface area contributed by atoms with Gasteiger partial charge in [0.2, 0.25) is 12.5 Å². The molecule has 2 unspecified atom stereocenters. The molecule has 8 aromatic rings. The maximum absolute atomic E-state index is 17.4. The molecule has 2 aliphatic rings. The van der Waals surface area contributed by atoms with Crippen LogP contribution in [0.5, 0.6) is 11.5 Å². The minimum absolute atomic E-state index is 0.116. The lowest BCUT2D eigenvalue weighted by molar-refractivity contribution is -0.182. The smallest absolute Gasteiger partial charge is 0.351 e. The molecule has 2 aliphatic heterocycles. The van der Waals surface area contributed by atoms with Crippen molar-refractivity contribution in [3.8, 4) is 11.5 Å². The number of aliphatic hydroxyl groups is 3. The maximum atomic E-state index is 17.4. The van der Waals surface area contributed by atoms with Crippen LogP contribution in [0.4, 0.5) is 29.2 Å². The van der Waals surface area contributed by atoms with Gasteiger partial charge in [-0.3, -0.25) is 9.13 Å². The molecular formula is C60H58F4N6O10. The number of halogens is 4. The van der Waals surface area contributed by atoms with Gasteiger partial charge in [0.25, 0.3) is 0 Å². The second kappa shape index (κ2) is 23.2. The Hall–Kier alpha value is -8.24. The van der Waals surface area contributed by atoms with Gasteiger partial charge in [-0.1, -0.05) is 146 Å². The number of methoxy groups -OCH3 is 2. The van der Waals surface area contributed by atoms with E-state index >= 15 is 8.78 Å². The normalized spacial score (nSPS) is 21.1. The number of rotatable bonds is 16. The van der Waals surface area contributed by atoms with Gasteiger partial charge in [0.05, 0.1) is 26.4 Å². The standard InChI is InChI=1S/C50H45F2N3O6.C10H13F2N3O4/c1-34(56)44-45(61-49(38-20-12-6-13-21-38,39-22-14-7-15-23-39)40-26-30-42(59-3)31-27-40)50(51,52)46(60-44)55-33-32-43(53-47(55)57)54-48(35-16-8-4-9-17-35,36-18-10-5-11-19-36)37-24-28-41(58-2)29-25-37;1-4(16)6-7(17)10(11,12)8(19-6)15-3-2-5(13)14-9(15)18/h4-34,44-46,56H,1-3H3,(H,53,54,57);2-4,6-8,16-17H,1H3,(H2,13,14,18)/t34-,44-,45-,46?;4-,6-,7-,8?/m11/s1. The Bertz CT molecular complexity index is 3380. The third kappa shape index (κ3) is 10.7. The van der Waals surface area contributed by atoms with E-state index in [4.69, 9.17) is 29.4 Å². The molecule has 2 aromatic heterocycles. The average Bonchev–Trinajstić information content (AvgIpc) is 4.09. The predicted octanol–water partition coefficient (Wildman–Crippen LogP) is 8.06. The Balaban J connectivity index is 0.000000344. The highest BCUT2D eigenvalue weighted by Gasteiger charge is 2.65.